The normalized spacial score (nSPS) is 23.0. The smallest absolute Gasteiger partial charge is 0.223 e. The predicted octanol–water partition coefficient (Wildman–Crippen LogP) is 1.85. The van der Waals surface area contributed by atoms with Crippen molar-refractivity contribution >= 4 is 15.7 Å². The molecule has 5 heteroatoms. The predicted molar refractivity (Wildman–Crippen MR) is 73.1 cm³/mol. The van der Waals surface area contributed by atoms with Gasteiger partial charge in [0, 0.05) is 19.0 Å². The van der Waals surface area contributed by atoms with Gasteiger partial charge < -0.3 is 4.90 Å². The van der Waals surface area contributed by atoms with Gasteiger partial charge in [-0.2, -0.15) is 0 Å². The topological polar surface area (TPSA) is 54.5 Å². The van der Waals surface area contributed by atoms with Gasteiger partial charge in [0.15, 0.2) is 9.84 Å². The minimum Gasteiger partial charge on any atom is -0.339 e. The summed E-state index contributed by atoms with van der Waals surface area (Å²) in [5, 5.41) is 0. The monoisotopic (exact) mass is 275 g/mol. The molecule has 1 heterocycles. The van der Waals surface area contributed by atoms with Crippen LogP contribution in [0.3, 0.4) is 0 Å². The third-order valence-corrected chi connectivity index (χ3v) is 4.87. The fraction of sp³-hybridized carbons (Fsp3) is 0.923. The van der Waals surface area contributed by atoms with E-state index in [2.05, 4.69) is 0 Å². The van der Waals surface area contributed by atoms with Gasteiger partial charge in [0.25, 0.3) is 0 Å². The first kappa shape index (κ1) is 15.5. The second-order valence-electron chi connectivity index (χ2n) is 6.38. The average molecular weight is 275 g/mol. The van der Waals surface area contributed by atoms with Crippen molar-refractivity contribution in [2.45, 2.75) is 53.0 Å². The largest absolute Gasteiger partial charge is 0.339 e. The maximum absolute atomic E-state index is 12.3. The van der Waals surface area contributed by atoms with Gasteiger partial charge in [-0.05, 0) is 18.3 Å². The summed E-state index contributed by atoms with van der Waals surface area (Å²) in [4.78, 5) is 14.1. The minimum absolute atomic E-state index is 0.0550. The van der Waals surface area contributed by atoms with Crippen LogP contribution < -0.4 is 0 Å². The zero-order valence-electron chi connectivity index (χ0n) is 11.9. The lowest BCUT2D eigenvalue weighted by Crippen LogP contribution is -2.42. The van der Waals surface area contributed by atoms with Crippen LogP contribution in [0.1, 0.15) is 47.0 Å². The molecular formula is C13H25NO3S. The van der Waals surface area contributed by atoms with Crippen LogP contribution in [-0.2, 0) is 14.6 Å². The summed E-state index contributed by atoms with van der Waals surface area (Å²) in [7, 11) is -2.93. The summed E-state index contributed by atoms with van der Waals surface area (Å²) in [6.45, 7) is 8.76. The lowest BCUT2D eigenvalue weighted by Gasteiger charge is -2.30. The number of hydrogen-bond donors (Lipinski definition) is 0. The fourth-order valence-corrected chi connectivity index (χ4v) is 4.06. The van der Waals surface area contributed by atoms with Crippen LogP contribution in [0.2, 0.25) is 0 Å². The van der Waals surface area contributed by atoms with Gasteiger partial charge in [0.2, 0.25) is 5.91 Å². The quantitative estimate of drug-likeness (QED) is 0.787. The van der Waals surface area contributed by atoms with E-state index in [1.807, 2.05) is 27.7 Å². The van der Waals surface area contributed by atoms with Crippen LogP contribution in [0, 0.1) is 5.41 Å². The van der Waals surface area contributed by atoms with E-state index in [4.69, 9.17) is 0 Å². The van der Waals surface area contributed by atoms with E-state index in [0.29, 0.717) is 19.4 Å². The molecule has 0 bridgehead atoms. The molecule has 0 radical (unpaired) electrons. The first-order valence-electron chi connectivity index (χ1n) is 6.64. The summed E-state index contributed by atoms with van der Waals surface area (Å²) < 4.78 is 23.0. The third kappa shape index (κ3) is 4.59. The SMILES string of the molecule is CCCN(C(=O)CC(C)(C)C)C1CCS(=O)(=O)C1. The molecule has 0 saturated carbocycles. The van der Waals surface area contributed by atoms with Crippen molar-refractivity contribution in [2.24, 2.45) is 5.41 Å². The zero-order valence-corrected chi connectivity index (χ0v) is 12.7. The van der Waals surface area contributed by atoms with E-state index < -0.39 is 9.84 Å². The molecule has 1 amide bonds. The summed E-state index contributed by atoms with van der Waals surface area (Å²) in [6, 6.07) is -0.107. The highest BCUT2D eigenvalue weighted by molar-refractivity contribution is 7.91. The Balaban J connectivity index is 2.74. The second kappa shape index (κ2) is 5.59. The Morgan fingerprint density at radius 1 is 1.33 bits per heavy atom. The van der Waals surface area contributed by atoms with E-state index in [1.54, 1.807) is 4.90 Å². The molecule has 0 aliphatic carbocycles. The maximum Gasteiger partial charge on any atom is 0.223 e. The van der Waals surface area contributed by atoms with Crippen molar-refractivity contribution in [3.63, 3.8) is 0 Å². The molecule has 0 N–H and O–H groups in total. The zero-order chi connectivity index (χ0) is 14.0. The van der Waals surface area contributed by atoms with Gasteiger partial charge in [-0.15, -0.1) is 0 Å². The highest BCUT2D eigenvalue weighted by atomic mass is 32.2. The molecule has 4 nitrogen and oxygen atoms in total. The molecule has 1 aliphatic rings. The first-order chi connectivity index (χ1) is 8.14. The molecule has 1 atom stereocenters. The molecule has 1 rings (SSSR count). The summed E-state index contributed by atoms with van der Waals surface area (Å²) in [5.74, 6) is 0.454. The van der Waals surface area contributed by atoms with Gasteiger partial charge in [-0.3, -0.25) is 4.79 Å². The van der Waals surface area contributed by atoms with Gasteiger partial charge >= 0.3 is 0 Å². The highest BCUT2D eigenvalue weighted by Crippen LogP contribution is 2.24. The van der Waals surface area contributed by atoms with E-state index in [9.17, 15) is 13.2 Å². The molecule has 0 aromatic carbocycles. The van der Waals surface area contributed by atoms with Crippen LogP contribution in [0.4, 0.5) is 0 Å². The van der Waals surface area contributed by atoms with Crippen LogP contribution in [0.25, 0.3) is 0 Å². The average Bonchev–Trinajstić information content (AvgIpc) is 2.52. The number of carbonyl (C=O) groups is 1. The molecular weight excluding hydrogens is 250 g/mol. The standard InChI is InChI=1S/C13H25NO3S/c1-5-7-14(12(15)9-13(2,3)4)11-6-8-18(16,17)10-11/h11H,5-10H2,1-4H3. The lowest BCUT2D eigenvalue weighted by molar-refractivity contribution is -0.135. The number of amides is 1. The van der Waals surface area contributed by atoms with E-state index in [-0.39, 0.29) is 28.9 Å². The van der Waals surface area contributed by atoms with E-state index >= 15 is 0 Å². The highest BCUT2D eigenvalue weighted by Gasteiger charge is 2.35. The van der Waals surface area contributed by atoms with Gasteiger partial charge in [-0.25, -0.2) is 8.42 Å². The van der Waals surface area contributed by atoms with Crippen molar-refractivity contribution in [3.05, 3.63) is 0 Å². The van der Waals surface area contributed by atoms with E-state index in [1.165, 1.54) is 0 Å². The Labute approximate surface area is 111 Å². The van der Waals surface area contributed by atoms with Crippen LogP contribution in [-0.4, -0.2) is 43.3 Å². The Morgan fingerprint density at radius 3 is 2.33 bits per heavy atom. The molecule has 0 aromatic heterocycles. The molecule has 106 valence electrons. The summed E-state index contributed by atoms with van der Waals surface area (Å²) in [6.07, 6.45) is 1.94. The Bertz CT molecular complexity index is 395. The molecule has 1 unspecified atom stereocenters. The summed E-state index contributed by atoms with van der Waals surface area (Å²) >= 11 is 0. The van der Waals surface area contributed by atoms with Gasteiger partial charge in [0.1, 0.15) is 0 Å². The van der Waals surface area contributed by atoms with Crippen LogP contribution in [0.15, 0.2) is 0 Å². The van der Waals surface area contributed by atoms with Gasteiger partial charge in [0.05, 0.1) is 11.5 Å². The van der Waals surface area contributed by atoms with Crippen molar-refractivity contribution < 1.29 is 13.2 Å². The van der Waals surface area contributed by atoms with E-state index in [0.717, 1.165) is 6.42 Å². The molecule has 18 heavy (non-hydrogen) atoms. The number of hydrogen-bond acceptors (Lipinski definition) is 3. The molecule has 1 fully saturated rings. The Hall–Kier alpha value is -0.580. The number of carbonyl (C=O) groups excluding carboxylic acids is 1. The van der Waals surface area contributed by atoms with Crippen molar-refractivity contribution in [3.8, 4) is 0 Å². The molecule has 0 aromatic rings. The third-order valence-electron chi connectivity index (χ3n) is 3.12. The number of nitrogens with zero attached hydrogens (tertiary/aromatic N) is 1. The van der Waals surface area contributed by atoms with Crippen molar-refractivity contribution in [2.75, 3.05) is 18.1 Å². The minimum atomic E-state index is -2.93. The molecule has 0 spiro atoms. The lowest BCUT2D eigenvalue weighted by atomic mass is 9.91. The first-order valence-corrected chi connectivity index (χ1v) is 8.46. The number of sulfone groups is 1. The Kier molecular flexibility index (Phi) is 4.81. The van der Waals surface area contributed by atoms with Crippen LogP contribution in [0.5, 0.6) is 0 Å². The van der Waals surface area contributed by atoms with Crippen molar-refractivity contribution in [1.82, 2.24) is 4.90 Å². The number of rotatable bonds is 4. The maximum atomic E-state index is 12.3. The second-order valence-corrected chi connectivity index (χ2v) is 8.61. The summed E-state index contributed by atoms with van der Waals surface area (Å²) in [5.41, 5.74) is -0.0550. The van der Waals surface area contributed by atoms with Gasteiger partial charge in [-0.1, -0.05) is 27.7 Å². The van der Waals surface area contributed by atoms with Crippen LogP contribution >= 0.6 is 0 Å². The Morgan fingerprint density at radius 2 is 1.94 bits per heavy atom. The molecule has 1 saturated heterocycles. The molecule has 1 aliphatic heterocycles. The fourth-order valence-electron chi connectivity index (χ4n) is 2.33. The van der Waals surface area contributed by atoms with Crippen molar-refractivity contribution in [1.29, 1.82) is 0 Å².